The maximum atomic E-state index is 5.45. The van der Waals surface area contributed by atoms with Gasteiger partial charge in [0.05, 0.1) is 6.61 Å². The molecule has 0 bridgehead atoms. The van der Waals surface area contributed by atoms with Crippen LogP contribution < -0.4 is 0 Å². The minimum absolute atomic E-state index is 0.720. The second kappa shape index (κ2) is 6.77. The Bertz CT molecular complexity index is 312. The Morgan fingerprint density at radius 1 is 1.29 bits per heavy atom. The summed E-state index contributed by atoms with van der Waals surface area (Å²) < 4.78 is 5.45. The van der Waals surface area contributed by atoms with Crippen molar-refractivity contribution in [2.24, 2.45) is 0 Å². The molecule has 0 radical (unpaired) electrons. The summed E-state index contributed by atoms with van der Waals surface area (Å²) in [6.07, 6.45) is 3.86. The van der Waals surface area contributed by atoms with Crippen molar-refractivity contribution >= 4 is 0 Å². The quantitative estimate of drug-likeness (QED) is 0.701. The summed E-state index contributed by atoms with van der Waals surface area (Å²) in [4.78, 5) is 2.59. The van der Waals surface area contributed by atoms with Gasteiger partial charge in [0.25, 0.3) is 0 Å². The van der Waals surface area contributed by atoms with Gasteiger partial charge in [-0.25, -0.2) is 0 Å². The summed E-state index contributed by atoms with van der Waals surface area (Å²) in [7, 11) is 0. The molecule has 0 saturated carbocycles. The summed E-state index contributed by atoms with van der Waals surface area (Å²) in [6.45, 7) is 6.10. The van der Waals surface area contributed by atoms with Crippen LogP contribution >= 0.6 is 0 Å². The average molecular weight is 233 g/mol. The molecule has 0 N–H and O–H groups in total. The molecule has 1 fully saturated rings. The van der Waals surface area contributed by atoms with Gasteiger partial charge in [0, 0.05) is 19.2 Å². The zero-order valence-corrected chi connectivity index (χ0v) is 10.8. The third kappa shape index (κ3) is 3.83. The van der Waals surface area contributed by atoms with Gasteiger partial charge in [-0.2, -0.15) is 0 Å². The van der Waals surface area contributed by atoms with Gasteiger partial charge in [0.15, 0.2) is 0 Å². The first-order valence-electron chi connectivity index (χ1n) is 6.76. The lowest BCUT2D eigenvalue weighted by Gasteiger charge is -2.24. The smallest absolute Gasteiger partial charge is 0.0593 e. The Morgan fingerprint density at radius 2 is 2.12 bits per heavy atom. The molecule has 1 aliphatic rings. The number of hydrogen-bond acceptors (Lipinski definition) is 2. The third-order valence-corrected chi connectivity index (χ3v) is 3.54. The lowest BCUT2D eigenvalue weighted by Crippen LogP contribution is -2.34. The van der Waals surface area contributed by atoms with Gasteiger partial charge < -0.3 is 4.74 Å². The van der Waals surface area contributed by atoms with E-state index >= 15 is 0 Å². The van der Waals surface area contributed by atoms with Crippen LogP contribution in [0.4, 0.5) is 0 Å². The van der Waals surface area contributed by atoms with Crippen molar-refractivity contribution in [2.45, 2.75) is 32.2 Å². The topological polar surface area (TPSA) is 12.5 Å². The highest BCUT2D eigenvalue weighted by atomic mass is 16.5. The van der Waals surface area contributed by atoms with E-state index < -0.39 is 0 Å². The minimum Gasteiger partial charge on any atom is -0.380 e. The summed E-state index contributed by atoms with van der Waals surface area (Å²) in [5.41, 5.74) is 1.46. The van der Waals surface area contributed by atoms with Gasteiger partial charge in [0.2, 0.25) is 0 Å². The monoisotopic (exact) mass is 233 g/mol. The van der Waals surface area contributed by atoms with Crippen LogP contribution in [-0.4, -0.2) is 37.2 Å². The van der Waals surface area contributed by atoms with E-state index in [1.165, 1.54) is 31.4 Å². The van der Waals surface area contributed by atoms with Crippen molar-refractivity contribution in [3.8, 4) is 0 Å². The number of rotatable bonds is 6. The fourth-order valence-electron chi connectivity index (χ4n) is 2.63. The molecule has 1 heterocycles. The Morgan fingerprint density at radius 3 is 2.88 bits per heavy atom. The lowest BCUT2D eigenvalue weighted by molar-refractivity contribution is 0.108. The predicted molar refractivity (Wildman–Crippen MR) is 71.2 cm³/mol. The number of ether oxygens (including phenoxy) is 1. The molecule has 1 unspecified atom stereocenters. The number of benzene rings is 1. The van der Waals surface area contributed by atoms with E-state index in [4.69, 9.17) is 4.74 Å². The minimum atomic E-state index is 0.720. The van der Waals surface area contributed by atoms with E-state index in [0.717, 1.165) is 25.8 Å². The second-order valence-electron chi connectivity index (χ2n) is 4.72. The van der Waals surface area contributed by atoms with Gasteiger partial charge >= 0.3 is 0 Å². The first kappa shape index (κ1) is 12.6. The summed E-state index contributed by atoms with van der Waals surface area (Å²) in [6, 6.07) is 11.5. The lowest BCUT2D eigenvalue weighted by atomic mass is 10.0. The first-order chi connectivity index (χ1) is 8.40. The van der Waals surface area contributed by atoms with Gasteiger partial charge in [-0.3, -0.25) is 4.90 Å². The predicted octanol–water partition coefficient (Wildman–Crippen LogP) is 2.73. The summed E-state index contributed by atoms with van der Waals surface area (Å²) >= 11 is 0. The summed E-state index contributed by atoms with van der Waals surface area (Å²) in [5, 5.41) is 0. The van der Waals surface area contributed by atoms with Crippen molar-refractivity contribution < 1.29 is 4.74 Å². The van der Waals surface area contributed by atoms with Crippen LogP contribution in [0, 0.1) is 0 Å². The molecule has 1 aromatic rings. The van der Waals surface area contributed by atoms with E-state index in [2.05, 4.69) is 42.2 Å². The van der Waals surface area contributed by atoms with Crippen LogP contribution in [0.25, 0.3) is 0 Å². The molecule has 94 valence electrons. The van der Waals surface area contributed by atoms with Crippen LogP contribution in [0.3, 0.4) is 0 Å². The van der Waals surface area contributed by atoms with Crippen LogP contribution in [0.1, 0.15) is 25.3 Å². The van der Waals surface area contributed by atoms with E-state index in [-0.39, 0.29) is 0 Å². The first-order valence-corrected chi connectivity index (χ1v) is 6.76. The molecule has 1 aliphatic heterocycles. The maximum absolute atomic E-state index is 5.45. The number of nitrogens with zero attached hydrogens (tertiary/aromatic N) is 1. The van der Waals surface area contributed by atoms with Gasteiger partial charge in [-0.05, 0) is 38.3 Å². The van der Waals surface area contributed by atoms with Crippen molar-refractivity contribution in [1.29, 1.82) is 0 Å². The van der Waals surface area contributed by atoms with Crippen LogP contribution in [0.5, 0.6) is 0 Å². The van der Waals surface area contributed by atoms with Gasteiger partial charge in [0.1, 0.15) is 0 Å². The van der Waals surface area contributed by atoms with Crippen molar-refractivity contribution in [3.63, 3.8) is 0 Å². The normalized spacial score (nSPS) is 20.9. The van der Waals surface area contributed by atoms with Gasteiger partial charge in [-0.15, -0.1) is 0 Å². The molecule has 2 heteroatoms. The average Bonchev–Trinajstić information content (AvgIpc) is 2.79. The largest absolute Gasteiger partial charge is 0.380 e. The van der Waals surface area contributed by atoms with Gasteiger partial charge in [-0.1, -0.05) is 30.3 Å². The fourth-order valence-corrected chi connectivity index (χ4v) is 2.63. The Labute approximate surface area is 105 Å². The highest BCUT2D eigenvalue weighted by Gasteiger charge is 2.23. The van der Waals surface area contributed by atoms with Crippen molar-refractivity contribution in [3.05, 3.63) is 35.9 Å². The molecule has 1 aromatic carbocycles. The molecule has 2 nitrogen and oxygen atoms in total. The van der Waals surface area contributed by atoms with E-state index in [1.807, 2.05) is 0 Å². The van der Waals surface area contributed by atoms with Crippen LogP contribution in [0.2, 0.25) is 0 Å². The molecule has 1 atom stereocenters. The third-order valence-electron chi connectivity index (χ3n) is 3.54. The van der Waals surface area contributed by atoms with E-state index in [1.54, 1.807) is 0 Å². The molecule has 0 amide bonds. The SMILES string of the molecule is CCOCCN1CCCC1Cc1ccccc1. The highest BCUT2D eigenvalue weighted by Crippen LogP contribution is 2.20. The molecule has 0 aromatic heterocycles. The number of hydrogen-bond donors (Lipinski definition) is 0. The van der Waals surface area contributed by atoms with E-state index in [0.29, 0.717) is 0 Å². The van der Waals surface area contributed by atoms with E-state index in [9.17, 15) is 0 Å². The fraction of sp³-hybridized carbons (Fsp3) is 0.600. The molecule has 0 aliphatic carbocycles. The highest BCUT2D eigenvalue weighted by molar-refractivity contribution is 5.16. The Kier molecular flexibility index (Phi) is 5.02. The molecule has 2 rings (SSSR count). The van der Waals surface area contributed by atoms with Crippen LogP contribution in [-0.2, 0) is 11.2 Å². The molecule has 17 heavy (non-hydrogen) atoms. The summed E-state index contributed by atoms with van der Waals surface area (Å²) in [5.74, 6) is 0. The molecular weight excluding hydrogens is 210 g/mol. The molecule has 1 saturated heterocycles. The zero-order chi connectivity index (χ0) is 11.9. The number of likely N-dealkylation sites (tertiary alicyclic amines) is 1. The Balaban J connectivity index is 1.82. The Hall–Kier alpha value is -0.860. The van der Waals surface area contributed by atoms with Crippen LogP contribution in [0.15, 0.2) is 30.3 Å². The standard InChI is InChI=1S/C15H23NO/c1-2-17-12-11-16-10-6-9-15(16)13-14-7-4-3-5-8-14/h3-5,7-8,15H,2,6,9-13H2,1H3. The zero-order valence-electron chi connectivity index (χ0n) is 10.8. The van der Waals surface area contributed by atoms with Crippen molar-refractivity contribution in [1.82, 2.24) is 4.90 Å². The molecule has 0 spiro atoms. The second-order valence-corrected chi connectivity index (χ2v) is 4.72. The van der Waals surface area contributed by atoms with Crippen molar-refractivity contribution in [2.75, 3.05) is 26.3 Å². The maximum Gasteiger partial charge on any atom is 0.0593 e. The molecular formula is C15H23NO.